The molecule has 0 spiro atoms. The van der Waals surface area contributed by atoms with Crippen molar-refractivity contribution in [1.82, 2.24) is 4.72 Å². The average Bonchev–Trinajstić information content (AvgIpc) is 2.63. The number of aliphatic carboxylic acids is 1. The van der Waals surface area contributed by atoms with E-state index in [1.165, 1.54) is 0 Å². The molecule has 8 N–H and O–H groups in total. The summed E-state index contributed by atoms with van der Waals surface area (Å²) < 4.78 is 53.3. The van der Waals surface area contributed by atoms with Crippen molar-refractivity contribution in [2.75, 3.05) is 13.7 Å². The maximum atomic E-state index is 11.2. The van der Waals surface area contributed by atoms with Crippen LogP contribution in [0.5, 0.6) is 0 Å². The zero-order valence-electron chi connectivity index (χ0n) is 14.9. The first kappa shape index (κ1) is 24.3. The SMILES string of the molecule is CO[C@H]1O[C@H](CO)[C@@H](O[C@@H]2O[C@H](C(=O)O)[C@@H](O)[C@H](O)[C@H]2O)[C@H](O)[C@H]1NS(=O)(=O)O. The smallest absolute Gasteiger partial charge is 0.335 e. The Morgan fingerprint density at radius 2 is 1.66 bits per heavy atom. The Morgan fingerprint density at radius 1 is 1.03 bits per heavy atom. The summed E-state index contributed by atoms with van der Waals surface area (Å²) in [6.45, 7) is -0.795. The van der Waals surface area contributed by atoms with Gasteiger partial charge in [0.2, 0.25) is 0 Å². The van der Waals surface area contributed by atoms with Gasteiger partial charge in [-0.15, -0.1) is 0 Å². The number of aliphatic hydroxyl groups excluding tert-OH is 5. The first-order valence-corrected chi connectivity index (χ1v) is 9.65. The van der Waals surface area contributed by atoms with Gasteiger partial charge in [-0.25, -0.2) is 4.79 Å². The fraction of sp³-hybridized carbons (Fsp3) is 0.923. The van der Waals surface area contributed by atoms with E-state index < -0.39 is 84.2 Å². The van der Waals surface area contributed by atoms with Gasteiger partial charge >= 0.3 is 16.3 Å². The first-order valence-electron chi connectivity index (χ1n) is 8.21. The molecule has 2 aliphatic heterocycles. The number of methoxy groups -OCH3 is 1. The van der Waals surface area contributed by atoms with E-state index in [9.17, 15) is 38.7 Å². The maximum Gasteiger partial charge on any atom is 0.335 e. The minimum Gasteiger partial charge on any atom is -0.479 e. The summed E-state index contributed by atoms with van der Waals surface area (Å²) >= 11 is 0. The van der Waals surface area contributed by atoms with Gasteiger partial charge < -0.3 is 49.6 Å². The number of carbonyl (C=O) groups is 1. The quantitative estimate of drug-likeness (QED) is 0.169. The van der Waals surface area contributed by atoms with E-state index in [0.717, 1.165) is 7.11 Å². The van der Waals surface area contributed by atoms with Crippen LogP contribution in [0.15, 0.2) is 0 Å². The molecular weight excluding hydrogens is 426 g/mol. The molecule has 2 rings (SSSR count). The van der Waals surface area contributed by atoms with Gasteiger partial charge in [-0.3, -0.25) is 4.55 Å². The molecule has 0 saturated carbocycles. The highest BCUT2D eigenvalue weighted by Gasteiger charge is 2.52. The van der Waals surface area contributed by atoms with E-state index >= 15 is 0 Å². The van der Waals surface area contributed by atoms with Crippen molar-refractivity contribution >= 4 is 16.3 Å². The number of ether oxygens (including phenoxy) is 4. The second kappa shape index (κ2) is 9.41. The molecule has 0 unspecified atom stereocenters. The van der Waals surface area contributed by atoms with Crippen molar-refractivity contribution in [2.24, 2.45) is 0 Å². The Balaban J connectivity index is 2.26. The molecule has 0 aliphatic carbocycles. The second-order valence-corrected chi connectivity index (χ2v) is 7.59. The monoisotopic (exact) mass is 449 g/mol. The van der Waals surface area contributed by atoms with Crippen LogP contribution >= 0.6 is 0 Å². The summed E-state index contributed by atoms with van der Waals surface area (Å²) in [6.07, 6.45) is -16.2. The topological polar surface area (TPSA) is 242 Å². The van der Waals surface area contributed by atoms with Crippen molar-refractivity contribution in [2.45, 2.75) is 61.3 Å². The predicted molar refractivity (Wildman–Crippen MR) is 86.4 cm³/mol. The summed E-state index contributed by atoms with van der Waals surface area (Å²) in [4.78, 5) is 11.2. The molecule has 0 amide bonds. The number of hydrogen-bond donors (Lipinski definition) is 8. The van der Waals surface area contributed by atoms with Crippen molar-refractivity contribution < 1.29 is 67.4 Å². The van der Waals surface area contributed by atoms with Crippen LogP contribution in [-0.4, -0.2) is 125 Å². The van der Waals surface area contributed by atoms with Crippen LogP contribution in [0, 0.1) is 0 Å². The Kier molecular flexibility index (Phi) is 7.87. The third kappa shape index (κ3) is 5.37. The van der Waals surface area contributed by atoms with Gasteiger partial charge in [0.25, 0.3) is 0 Å². The van der Waals surface area contributed by atoms with Crippen molar-refractivity contribution in [3.05, 3.63) is 0 Å². The molecule has 29 heavy (non-hydrogen) atoms. The summed E-state index contributed by atoms with van der Waals surface area (Å²) in [5.41, 5.74) is 0. The van der Waals surface area contributed by atoms with E-state index in [2.05, 4.69) is 0 Å². The van der Waals surface area contributed by atoms with Gasteiger partial charge in [0.1, 0.15) is 42.7 Å². The highest BCUT2D eigenvalue weighted by Crippen LogP contribution is 2.29. The third-order valence-corrected chi connectivity index (χ3v) is 5.04. The molecule has 2 aliphatic rings. The first-order chi connectivity index (χ1) is 13.4. The Morgan fingerprint density at radius 3 is 2.14 bits per heavy atom. The Labute approximate surface area is 164 Å². The van der Waals surface area contributed by atoms with Crippen molar-refractivity contribution in [3.63, 3.8) is 0 Å². The number of carboxylic acids is 1. The number of aliphatic hydroxyl groups is 5. The highest BCUT2D eigenvalue weighted by atomic mass is 32.2. The van der Waals surface area contributed by atoms with E-state index in [-0.39, 0.29) is 0 Å². The summed E-state index contributed by atoms with van der Waals surface area (Å²) in [5, 5.41) is 58.6. The standard InChI is InChI=1S/C13H23NO14S/c1-25-12-4(14-29(22,23)24)5(16)9(3(2-15)26-12)27-13-8(19)6(17)7(18)10(28-13)11(20)21/h3-10,12-19H,2H2,1H3,(H,20,21)(H,22,23,24)/t3-,4-,5-,6+,7+,8-,9-,10+,12+,13-/m1/s1. The lowest BCUT2D eigenvalue weighted by molar-refractivity contribution is -0.341. The summed E-state index contributed by atoms with van der Waals surface area (Å²) in [5.74, 6) is -1.68. The van der Waals surface area contributed by atoms with E-state index in [1.807, 2.05) is 0 Å². The van der Waals surface area contributed by atoms with Gasteiger partial charge in [0, 0.05) is 7.11 Å². The van der Waals surface area contributed by atoms with Gasteiger partial charge in [0.15, 0.2) is 18.7 Å². The number of rotatable bonds is 7. The van der Waals surface area contributed by atoms with Crippen LogP contribution in [-0.2, 0) is 34.0 Å². The highest BCUT2D eigenvalue weighted by molar-refractivity contribution is 7.83. The predicted octanol–water partition coefficient (Wildman–Crippen LogP) is -5.25. The molecule has 16 heteroatoms. The fourth-order valence-electron chi connectivity index (χ4n) is 3.05. The molecule has 0 aromatic heterocycles. The van der Waals surface area contributed by atoms with Gasteiger partial charge in [-0.2, -0.15) is 13.1 Å². The lowest BCUT2D eigenvalue weighted by Gasteiger charge is -2.46. The molecule has 2 saturated heterocycles. The third-order valence-electron chi connectivity index (χ3n) is 4.47. The number of nitrogens with one attached hydrogen (secondary N) is 1. The van der Waals surface area contributed by atoms with Crippen LogP contribution in [0.3, 0.4) is 0 Å². The molecule has 15 nitrogen and oxygen atoms in total. The van der Waals surface area contributed by atoms with Gasteiger partial charge in [-0.05, 0) is 0 Å². The number of carboxylic acid groups (broad SMARTS) is 1. The summed E-state index contributed by atoms with van der Waals surface area (Å²) in [7, 11) is -3.75. The summed E-state index contributed by atoms with van der Waals surface area (Å²) in [6, 6.07) is -1.64. The zero-order chi connectivity index (χ0) is 22.1. The van der Waals surface area contributed by atoms with E-state index in [4.69, 9.17) is 28.6 Å². The van der Waals surface area contributed by atoms with Crippen LogP contribution in [0.4, 0.5) is 0 Å². The molecule has 170 valence electrons. The fourth-order valence-corrected chi connectivity index (χ4v) is 3.65. The van der Waals surface area contributed by atoms with Crippen molar-refractivity contribution in [1.29, 1.82) is 0 Å². The normalized spacial score (nSPS) is 43.8. The minimum absolute atomic E-state index is 0.795. The zero-order valence-corrected chi connectivity index (χ0v) is 15.7. The largest absolute Gasteiger partial charge is 0.479 e. The molecule has 2 fully saturated rings. The maximum absolute atomic E-state index is 11.2. The lowest BCUT2D eigenvalue weighted by Crippen LogP contribution is -2.67. The molecule has 0 radical (unpaired) electrons. The van der Waals surface area contributed by atoms with Gasteiger partial charge in [-0.1, -0.05) is 0 Å². The Hall–Kier alpha value is -1.02. The van der Waals surface area contributed by atoms with Crippen LogP contribution in [0.2, 0.25) is 0 Å². The number of hydrogen-bond acceptors (Lipinski definition) is 12. The second-order valence-electron chi connectivity index (χ2n) is 6.41. The minimum atomic E-state index is -4.85. The molecule has 0 aromatic rings. The van der Waals surface area contributed by atoms with Crippen LogP contribution < -0.4 is 4.72 Å². The molecular formula is C13H23NO14S. The van der Waals surface area contributed by atoms with Gasteiger partial charge in [0.05, 0.1) is 6.61 Å². The molecule has 2 heterocycles. The van der Waals surface area contributed by atoms with Crippen LogP contribution in [0.1, 0.15) is 0 Å². The van der Waals surface area contributed by atoms with E-state index in [0.29, 0.717) is 0 Å². The van der Waals surface area contributed by atoms with E-state index in [1.54, 1.807) is 4.72 Å². The average molecular weight is 449 g/mol. The molecule has 0 aromatic carbocycles. The molecule has 10 atom stereocenters. The van der Waals surface area contributed by atoms with Crippen LogP contribution in [0.25, 0.3) is 0 Å². The molecule has 0 bridgehead atoms. The Bertz CT molecular complexity index is 674. The van der Waals surface area contributed by atoms with Crippen molar-refractivity contribution in [3.8, 4) is 0 Å². The lowest BCUT2D eigenvalue weighted by atomic mass is 9.96.